The first-order valence-corrected chi connectivity index (χ1v) is 7.69. The standard InChI is InChI=1S/C15H19BrN4/c1-11(17)15(12-3-2-4-13(16)9-12)20-8-7-19-6-5-18-14(19)10-20/h2-6,9,11,15H,7-8,10,17H2,1H3. The molecule has 20 heavy (non-hydrogen) atoms. The average molecular weight is 335 g/mol. The van der Waals surface area contributed by atoms with E-state index in [1.165, 1.54) is 5.56 Å². The van der Waals surface area contributed by atoms with Gasteiger partial charge in [0.2, 0.25) is 0 Å². The average Bonchev–Trinajstić information content (AvgIpc) is 2.86. The summed E-state index contributed by atoms with van der Waals surface area (Å²) in [5.41, 5.74) is 7.52. The normalized spacial score (nSPS) is 18.6. The van der Waals surface area contributed by atoms with Gasteiger partial charge in [0.05, 0.1) is 12.6 Å². The minimum absolute atomic E-state index is 0.0748. The van der Waals surface area contributed by atoms with Gasteiger partial charge in [-0.1, -0.05) is 28.1 Å². The summed E-state index contributed by atoms with van der Waals surface area (Å²) in [4.78, 5) is 6.86. The van der Waals surface area contributed by atoms with E-state index in [1.807, 2.05) is 18.5 Å². The molecule has 4 nitrogen and oxygen atoms in total. The van der Waals surface area contributed by atoms with E-state index in [0.29, 0.717) is 0 Å². The predicted molar refractivity (Wildman–Crippen MR) is 83.2 cm³/mol. The fourth-order valence-electron chi connectivity index (χ4n) is 2.97. The monoisotopic (exact) mass is 334 g/mol. The molecule has 0 saturated carbocycles. The van der Waals surface area contributed by atoms with Gasteiger partial charge < -0.3 is 10.3 Å². The zero-order chi connectivity index (χ0) is 14.1. The van der Waals surface area contributed by atoms with Gasteiger partial charge in [-0.15, -0.1) is 0 Å². The molecule has 2 atom stereocenters. The minimum atomic E-state index is 0.0748. The number of rotatable bonds is 3. The molecule has 2 unspecified atom stereocenters. The van der Waals surface area contributed by atoms with Crippen LogP contribution in [0.1, 0.15) is 24.4 Å². The van der Waals surface area contributed by atoms with Gasteiger partial charge in [0.25, 0.3) is 0 Å². The second kappa shape index (κ2) is 5.68. The van der Waals surface area contributed by atoms with Crippen LogP contribution in [-0.4, -0.2) is 27.0 Å². The summed E-state index contributed by atoms with van der Waals surface area (Å²) in [5.74, 6) is 1.12. The Bertz CT molecular complexity index is 593. The first-order chi connectivity index (χ1) is 9.65. The van der Waals surface area contributed by atoms with Crippen molar-refractivity contribution in [3.63, 3.8) is 0 Å². The highest BCUT2D eigenvalue weighted by atomic mass is 79.9. The molecule has 3 rings (SSSR count). The van der Waals surface area contributed by atoms with E-state index in [2.05, 4.69) is 55.5 Å². The molecule has 0 fully saturated rings. The van der Waals surface area contributed by atoms with Crippen molar-refractivity contribution < 1.29 is 0 Å². The highest BCUT2D eigenvalue weighted by Gasteiger charge is 2.27. The number of benzene rings is 1. The van der Waals surface area contributed by atoms with Gasteiger partial charge in [0.15, 0.2) is 0 Å². The van der Waals surface area contributed by atoms with Crippen LogP contribution in [0.5, 0.6) is 0 Å². The zero-order valence-corrected chi connectivity index (χ0v) is 13.1. The van der Waals surface area contributed by atoms with E-state index >= 15 is 0 Å². The fraction of sp³-hybridized carbons (Fsp3) is 0.400. The van der Waals surface area contributed by atoms with Gasteiger partial charge in [-0.2, -0.15) is 0 Å². The van der Waals surface area contributed by atoms with E-state index in [1.54, 1.807) is 0 Å². The molecule has 0 spiro atoms. The van der Waals surface area contributed by atoms with E-state index in [0.717, 1.165) is 29.9 Å². The van der Waals surface area contributed by atoms with Crippen molar-refractivity contribution in [2.45, 2.75) is 32.1 Å². The highest BCUT2D eigenvalue weighted by Crippen LogP contribution is 2.28. The Balaban J connectivity index is 1.89. The predicted octanol–water partition coefficient (Wildman–Crippen LogP) is 2.55. The summed E-state index contributed by atoms with van der Waals surface area (Å²) in [6.45, 7) is 4.91. The SMILES string of the molecule is CC(N)C(c1cccc(Br)c1)N1CCn2ccnc2C1. The minimum Gasteiger partial charge on any atom is -0.333 e. The lowest BCUT2D eigenvalue weighted by Gasteiger charge is -2.37. The van der Waals surface area contributed by atoms with Gasteiger partial charge in [-0.05, 0) is 24.6 Å². The number of hydrogen-bond donors (Lipinski definition) is 1. The lowest BCUT2D eigenvalue weighted by molar-refractivity contribution is 0.136. The molecule has 2 N–H and O–H groups in total. The number of imidazole rings is 1. The van der Waals surface area contributed by atoms with Crippen molar-refractivity contribution in [1.82, 2.24) is 14.5 Å². The smallest absolute Gasteiger partial charge is 0.122 e. The topological polar surface area (TPSA) is 47.1 Å². The molecular formula is C15H19BrN4. The third kappa shape index (κ3) is 2.66. The van der Waals surface area contributed by atoms with E-state index in [9.17, 15) is 0 Å². The molecule has 0 aliphatic carbocycles. The highest BCUT2D eigenvalue weighted by molar-refractivity contribution is 9.10. The number of hydrogen-bond acceptors (Lipinski definition) is 3. The molecule has 1 aromatic carbocycles. The fourth-order valence-corrected chi connectivity index (χ4v) is 3.38. The van der Waals surface area contributed by atoms with Crippen molar-refractivity contribution in [1.29, 1.82) is 0 Å². The summed E-state index contributed by atoms with van der Waals surface area (Å²) in [6.07, 6.45) is 3.92. The maximum Gasteiger partial charge on any atom is 0.122 e. The maximum atomic E-state index is 6.26. The first kappa shape index (κ1) is 13.8. The molecule has 1 aliphatic rings. The summed E-state index contributed by atoms with van der Waals surface area (Å²) in [5, 5.41) is 0. The van der Waals surface area contributed by atoms with Crippen molar-refractivity contribution in [2.24, 2.45) is 5.73 Å². The van der Waals surface area contributed by atoms with Gasteiger partial charge in [0.1, 0.15) is 5.82 Å². The van der Waals surface area contributed by atoms with Crippen LogP contribution in [0.15, 0.2) is 41.1 Å². The quantitative estimate of drug-likeness (QED) is 0.938. The molecule has 0 bridgehead atoms. The Morgan fingerprint density at radius 3 is 2.95 bits per heavy atom. The summed E-state index contributed by atoms with van der Waals surface area (Å²) >= 11 is 3.55. The third-order valence-electron chi connectivity index (χ3n) is 3.86. The molecular weight excluding hydrogens is 316 g/mol. The lowest BCUT2D eigenvalue weighted by Crippen LogP contribution is -2.43. The van der Waals surface area contributed by atoms with E-state index in [4.69, 9.17) is 5.73 Å². The van der Waals surface area contributed by atoms with E-state index in [-0.39, 0.29) is 12.1 Å². The van der Waals surface area contributed by atoms with Crippen molar-refractivity contribution in [3.8, 4) is 0 Å². The number of aromatic nitrogens is 2. The van der Waals surface area contributed by atoms with Crippen LogP contribution >= 0.6 is 15.9 Å². The largest absolute Gasteiger partial charge is 0.333 e. The second-order valence-electron chi connectivity index (χ2n) is 5.37. The Hall–Kier alpha value is -1.17. The van der Waals surface area contributed by atoms with Crippen LogP contribution < -0.4 is 5.73 Å². The number of halogens is 1. The van der Waals surface area contributed by atoms with Crippen LogP contribution in [-0.2, 0) is 13.1 Å². The van der Waals surface area contributed by atoms with Gasteiger partial charge >= 0.3 is 0 Å². The Morgan fingerprint density at radius 1 is 1.35 bits per heavy atom. The first-order valence-electron chi connectivity index (χ1n) is 6.90. The molecule has 2 aromatic rings. The third-order valence-corrected chi connectivity index (χ3v) is 4.35. The van der Waals surface area contributed by atoms with Crippen molar-refractivity contribution in [3.05, 3.63) is 52.5 Å². The van der Waals surface area contributed by atoms with Crippen molar-refractivity contribution >= 4 is 15.9 Å². The summed E-state index contributed by atoms with van der Waals surface area (Å²) < 4.78 is 3.31. The molecule has 5 heteroatoms. The number of fused-ring (bicyclic) bond motifs is 1. The van der Waals surface area contributed by atoms with Gasteiger partial charge in [-0.3, -0.25) is 4.90 Å². The zero-order valence-electron chi connectivity index (χ0n) is 11.5. The van der Waals surface area contributed by atoms with Crippen LogP contribution in [0, 0.1) is 0 Å². The lowest BCUT2D eigenvalue weighted by atomic mass is 9.98. The summed E-state index contributed by atoms with van der Waals surface area (Å²) in [6, 6.07) is 8.73. The van der Waals surface area contributed by atoms with E-state index < -0.39 is 0 Å². The molecule has 106 valence electrons. The second-order valence-corrected chi connectivity index (χ2v) is 6.28. The van der Waals surface area contributed by atoms with Crippen molar-refractivity contribution in [2.75, 3.05) is 6.54 Å². The van der Waals surface area contributed by atoms with Crippen LogP contribution in [0.2, 0.25) is 0 Å². The Labute approximate surface area is 127 Å². The molecule has 0 radical (unpaired) electrons. The number of nitrogens with zero attached hydrogens (tertiary/aromatic N) is 3. The van der Waals surface area contributed by atoms with Gasteiger partial charge in [-0.25, -0.2) is 4.98 Å². The van der Waals surface area contributed by atoms with Crippen LogP contribution in [0.4, 0.5) is 0 Å². The van der Waals surface area contributed by atoms with Crippen LogP contribution in [0.25, 0.3) is 0 Å². The number of nitrogens with two attached hydrogens (primary N) is 1. The molecule has 0 amide bonds. The summed E-state index contributed by atoms with van der Waals surface area (Å²) in [7, 11) is 0. The molecule has 1 aromatic heterocycles. The maximum absolute atomic E-state index is 6.26. The van der Waals surface area contributed by atoms with Gasteiger partial charge in [0, 0.05) is 36.0 Å². The molecule has 0 saturated heterocycles. The Kier molecular flexibility index (Phi) is 3.92. The molecule has 2 heterocycles. The van der Waals surface area contributed by atoms with Crippen LogP contribution in [0.3, 0.4) is 0 Å². The Morgan fingerprint density at radius 2 is 2.20 bits per heavy atom. The molecule has 1 aliphatic heterocycles.